The predicted molar refractivity (Wildman–Crippen MR) is 70.5 cm³/mol. The van der Waals surface area contributed by atoms with Gasteiger partial charge in [-0.05, 0) is 30.3 Å². The number of Topliss-reactive ketones (excluding diaryl/α,β-unsaturated/α-hetero) is 1. The van der Waals surface area contributed by atoms with Gasteiger partial charge in [0.05, 0.1) is 6.07 Å². The molecule has 2 nitrogen and oxygen atoms in total. The van der Waals surface area contributed by atoms with E-state index in [4.69, 9.17) is 16.9 Å². The molecule has 0 saturated carbocycles. The lowest BCUT2D eigenvalue weighted by Crippen LogP contribution is -2.12. The Hall–Kier alpha value is -2.18. The Kier molecular flexibility index (Phi) is 3.94. The lowest BCUT2D eigenvalue weighted by molar-refractivity contribution is 0.0977. The molecule has 0 amide bonds. The molecule has 2 aromatic carbocycles. The molecule has 4 heteroatoms. The van der Waals surface area contributed by atoms with Gasteiger partial charge in [-0.15, -0.1) is 0 Å². The number of carbonyl (C=O) groups excluding carboxylic acids is 1. The summed E-state index contributed by atoms with van der Waals surface area (Å²) in [5, 5.41) is 9.62. The second-order valence-electron chi connectivity index (χ2n) is 3.95. The molecule has 2 aromatic rings. The zero-order valence-electron chi connectivity index (χ0n) is 9.81. The number of hydrogen-bond acceptors (Lipinski definition) is 2. The number of benzene rings is 2. The van der Waals surface area contributed by atoms with E-state index in [9.17, 15) is 9.18 Å². The van der Waals surface area contributed by atoms with Crippen LogP contribution in [0.1, 0.15) is 21.8 Å². The molecule has 0 N–H and O–H groups in total. The van der Waals surface area contributed by atoms with Crippen molar-refractivity contribution in [3.63, 3.8) is 0 Å². The van der Waals surface area contributed by atoms with Crippen molar-refractivity contribution >= 4 is 17.4 Å². The maximum Gasteiger partial charge on any atom is 0.184 e. The van der Waals surface area contributed by atoms with Crippen LogP contribution in [-0.4, -0.2) is 5.78 Å². The van der Waals surface area contributed by atoms with E-state index in [1.807, 2.05) is 6.07 Å². The highest BCUT2D eigenvalue weighted by molar-refractivity contribution is 6.30. The monoisotopic (exact) mass is 273 g/mol. The molecule has 2 rings (SSSR count). The molecule has 0 aliphatic rings. The summed E-state index contributed by atoms with van der Waals surface area (Å²) in [6.45, 7) is 0. The molecule has 1 unspecified atom stereocenters. The summed E-state index contributed by atoms with van der Waals surface area (Å²) in [4.78, 5) is 12.2. The number of ketones is 1. The molecule has 0 aliphatic carbocycles. The Morgan fingerprint density at radius 1 is 1.16 bits per heavy atom. The fourth-order valence-corrected chi connectivity index (χ4v) is 1.89. The van der Waals surface area contributed by atoms with Crippen LogP contribution in [0.4, 0.5) is 4.39 Å². The summed E-state index contributed by atoms with van der Waals surface area (Å²) < 4.78 is 13.6. The molecular formula is C15H9ClFNO. The van der Waals surface area contributed by atoms with Gasteiger partial charge in [0.15, 0.2) is 5.78 Å². The van der Waals surface area contributed by atoms with E-state index in [0.717, 1.165) is 0 Å². The lowest BCUT2D eigenvalue weighted by Gasteiger charge is -2.09. The van der Waals surface area contributed by atoms with Crippen molar-refractivity contribution in [2.24, 2.45) is 0 Å². The smallest absolute Gasteiger partial charge is 0.184 e. The minimum Gasteiger partial charge on any atom is -0.292 e. The summed E-state index contributed by atoms with van der Waals surface area (Å²) in [6, 6.07) is 13.8. The van der Waals surface area contributed by atoms with Crippen LogP contribution >= 0.6 is 11.6 Å². The van der Waals surface area contributed by atoms with Crippen LogP contribution < -0.4 is 0 Å². The summed E-state index contributed by atoms with van der Waals surface area (Å²) in [6.07, 6.45) is 0. The van der Waals surface area contributed by atoms with Gasteiger partial charge in [-0.2, -0.15) is 5.26 Å². The van der Waals surface area contributed by atoms with Crippen molar-refractivity contribution in [3.05, 3.63) is 70.5 Å². The van der Waals surface area contributed by atoms with Gasteiger partial charge in [0.1, 0.15) is 11.7 Å². The number of halogens is 2. The van der Waals surface area contributed by atoms with E-state index < -0.39 is 17.5 Å². The second kappa shape index (κ2) is 5.64. The molecule has 94 valence electrons. The normalized spacial score (nSPS) is 11.6. The Bertz CT molecular complexity index is 646. The number of hydrogen-bond donors (Lipinski definition) is 0. The van der Waals surface area contributed by atoms with Crippen molar-refractivity contribution in [2.75, 3.05) is 0 Å². The highest BCUT2D eigenvalue weighted by atomic mass is 35.5. The van der Waals surface area contributed by atoms with E-state index in [1.165, 1.54) is 30.3 Å². The van der Waals surface area contributed by atoms with E-state index in [-0.39, 0.29) is 5.56 Å². The molecule has 0 spiro atoms. The maximum absolute atomic E-state index is 13.6. The van der Waals surface area contributed by atoms with Gasteiger partial charge in [-0.1, -0.05) is 29.8 Å². The number of nitrogens with zero attached hydrogens (tertiary/aromatic N) is 1. The van der Waals surface area contributed by atoms with Crippen LogP contribution in [0.25, 0.3) is 0 Å². The zero-order valence-corrected chi connectivity index (χ0v) is 10.6. The van der Waals surface area contributed by atoms with E-state index >= 15 is 0 Å². The standard InChI is InChI=1S/C15H9ClFNO/c16-11-7-5-10(6-8-11)15(19)13(9-18)12-3-1-2-4-14(12)17/h1-8,13H. The first-order valence-corrected chi connectivity index (χ1v) is 5.95. The number of rotatable bonds is 3. The van der Waals surface area contributed by atoms with Crippen molar-refractivity contribution in [2.45, 2.75) is 5.92 Å². The average molecular weight is 274 g/mol. The molecule has 0 aliphatic heterocycles. The van der Waals surface area contributed by atoms with Crippen LogP contribution in [0.15, 0.2) is 48.5 Å². The molecule has 1 atom stereocenters. The third-order valence-electron chi connectivity index (χ3n) is 2.74. The van der Waals surface area contributed by atoms with Crippen molar-refractivity contribution in [1.29, 1.82) is 5.26 Å². The van der Waals surface area contributed by atoms with Crippen LogP contribution in [-0.2, 0) is 0 Å². The third kappa shape index (κ3) is 2.81. The van der Waals surface area contributed by atoms with E-state index in [2.05, 4.69) is 0 Å². The van der Waals surface area contributed by atoms with Gasteiger partial charge in [0.25, 0.3) is 0 Å². The molecule has 0 heterocycles. The van der Waals surface area contributed by atoms with Gasteiger partial charge in [-0.25, -0.2) is 4.39 Å². The van der Waals surface area contributed by atoms with Crippen LogP contribution in [0.3, 0.4) is 0 Å². The Labute approximate surface area is 115 Å². The van der Waals surface area contributed by atoms with Gasteiger partial charge in [-0.3, -0.25) is 4.79 Å². The Morgan fingerprint density at radius 2 is 1.79 bits per heavy atom. The minimum atomic E-state index is -1.15. The Balaban J connectivity index is 2.38. The molecule has 0 radical (unpaired) electrons. The SMILES string of the molecule is N#CC(C(=O)c1ccc(Cl)cc1)c1ccccc1F. The summed E-state index contributed by atoms with van der Waals surface area (Å²) in [5.74, 6) is -2.15. The fourth-order valence-electron chi connectivity index (χ4n) is 1.76. The first-order valence-electron chi connectivity index (χ1n) is 5.57. The topological polar surface area (TPSA) is 40.9 Å². The minimum absolute atomic E-state index is 0.0879. The maximum atomic E-state index is 13.6. The zero-order chi connectivity index (χ0) is 13.8. The Morgan fingerprint density at radius 3 is 2.37 bits per heavy atom. The first-order chi connectivity index (χ1) is 9.13. The van der Waals surface area contributed by atoms with Crippen molar-refractivity contribution < 1.29 is 9.18 Å². The second-order valence-corrected chi connectivity index (χ2v) is 4.39. The quantitative estimate of drug-likeness (QED) is 0.794. The predicted octanol–water partition coefficient (Wildman–Crippen LogP) is 3.97. The molecule has 19 heavy (non-hydrogen) atoms. The van der Waals surface area contributed by atoms with Gasteiger partial charge in [0, 0.05) is 16.1 Å². The average Bonchev–Trinajstić information content (AvgIpc) is 2.42. The fraction of sp³-hybridized carbons (Fsp3) is 0.0667. The largest absolute Gasteiger partial charge is 0.292 e. The summed E-state index contributed by atoms with van der Waals surface area (Å²) in [5.41, 5.74) is 0.421. The first kappa shape index (κ1) is 13.3. The van der Waals surface area contributed by atoms with E-state index in [0.29, 0.717) is 10.6 Å². The summed E-state index contributed by atoms with van der Waals surface area (Å²) in [7, 11) is 0. The molecule has 0 saturated heterocycles. The summed E-state index contributed by atoms with van der Waals surface area (Å²) >= 11 is 5.74. The van der Waals surface area contributed by atoms with Gasteiger partial charge < -0.3 is 0 Å². The molecule has 0 aromatic heterocycles. The highest BCUT2D eigenvalue weighted by Crippen LogP contribution is 2.23. The molecule has 0 fully saturated rings. The molecule has 0 bridgehead atoms. The van der Waals surface area contributed by atoms with Crippen LogP contribution in [0.2, 0.25) is 5.02 Å². The van der Waals surface area contributed by atoms with Crippen LogP contribution in [0, 0.1) is 17.1 Å². The highest BCUT2D eigenvalue weighted by Gasteiger charge is 2.24. The molecular weight excluding hydrogens is 265 g/mol. The third-order valence-corrected chi connectivity index (χ3v) is 2.99. The van der Waals surface area contributed by atoms with Crippen LogP contribution in [0.5, 0.6) is 0 Å². The lowest BCUT2D eigenvalue weighted by atomic mass is 9.91. The number of nitriles is 1. The van der Waals surface area contributed by atoms with E-state index in [1.54, 1.807) is 18.2 Å². The van der Waals surface area contributed by atoms with Gasteiger partial charge >= 0.3 is 0 Å². The van der Waals surface area contributed by atoms with Crippen molar-refractivity contribution in [3.8, 4) is 6.07 Å². The van der Waals surface area contributed by atoms with Crippen molar-refractivity contribution in [1.82, 2.24) is 0 Å². The van der Waals surface area contributed by atoms with Gasteiger partial charge in [0.2, 0.25) is 0 Å². The number of carbonyl (C=O) groups is 1.